The maximum Gasteiger partial charge on any atom is 0.260 e. The summed E-state index contributed by atoms with van der Waals surface area (Å²) in [5.41, 5.74) is 2.13. The van der Waals surface area contributed by atoms with Crippen molar-refractivity contribution < 1.29 is 22.7 Å². The molecule has 2 aliphatic heterocycles. The van der Waals surface area contributed by atoms with Crippen LogP contribution in [0.5, 0.6) is 0 Å². The lowest BCUT2D eigenvalue weighted by atomic mass is 10.2. The molecule has 0 radical (unpaired) electrons. The van der Waals surface area contributed by atoms with Crippen LogP contribution in [0.1, 0.15) is 42.6 Å². The standard InChI is InChI=1S/C26H30ClN3O5S2/c1-16-11-20(27)12-23-24(16)28-26(36-23)30(15-21-5-4-10-34-21)25(31)19-6-8-22(9-7-19)37(32,33)29-13-17(2)35-18(3)14-29/h6-9,11-12,17-18,21H,4-5,10,13-15H2,1-3H3. The molecule has 2 aromatic carbocycles. The number of carbonyl (C=O) groups excluding carboxylic acids is 1. The first kappa shape index (κ1) is 26.5. The number of benzene rings is 2. The SMILES string of the molecule is Cc1cc(Cl)cc2sc(N(CC3CCCO3)C(=O)c3ccc(S(=O)(=O)N4CC(C)OC(C)C4)cc3)nc12. The van der Waals surface area contributed by atoms with Crippen molar-refractivity contribution in [3.63, 3.8) is 0 Å². The van der Waals surface area contributed by atoms with E-state index in [-0.39, 0.29) is 29.1 Å². The first-order chi connectivity index (χ1) is 17.6. The van der Waals surface area contributed by atoms with Gasteiger partial charge in [-0.15, -0.1) is 0 Å². The molecule has 1 amide bonds. The van der Waals surface area contributed by atoms with Gasteiger partial charge in [-0.2, -0.15) is 4.31 Å². The Hall–Kier alpha value is -2.08. The summed E-state index contributed by atoms with van der Waals surface area (Å²) in [6, 6.07) is 9.85. The maximum absolute atomic E-state index is 13.7. The van der Waals surface area contributed by atoms with E-state index in [1.165, 1.54) is 27.8 Å². The second-order valence-corrected chi connectivity index (χ2v) is 13.1. The molecule has 2 aliphatic rings. The molecule has 0 saturated carbocycles. The molecule has 0 N–H and O–H groups in total. The third-order valence-corrected chi connectivity index (χ3v) is 9.74. The number of hydrogen-bond acceptors (Lipinski definition) is 7. The van der Waals surface area contributed by atoms with E-state index in [2.05, 4.69) is 0 Å². The zero-order chi connectivity index (χ0) is 26.3. The van der Waals surface area contributed by atoms with Crippen LogP contribution in [-0.4, -0.2) is 68.2 Å². The van der Waals surface area contributed by atoms with Crippen LogP contribution in [-0.2, 0) is 19.5 Å². The first-order valence-electron chi connectivity index (χ1n) is 12.4. The highest BCUT2D eigenvalue weighted by atomic mass is 35.5. The van der Waals surface area contributed by atoms with Gasteiger partial charge >= 0.3 is 0 Å². The van der Waals surface area contributed by atoms with Gasteiger partial charge in [-0.3, -0.25) is 9.69 Å². The number of hydrogen-bond donors (Lipinski definition) is 0. The molecule has 8 nitrogen and oxygen atoms in total. The predicted molar refractivity (Wildman–Crippen MR) is 145 cm³/mol. The highest BCUT2D eigenvalue weighted by molar-refractivity contribution is 7.89. The Morgan fingerprint density at radius 2 is 1.89 bits per heavy atom. The fourth-order valence-electron chi connectivity index (χ4n) is 4.90. The summed E-state index contributed by atoms with van der Waals surface area (Å²) in [6.45, 7) is 7.30. The molecule has 37 heavy (non-hydrogen) atoms. The van der Waals surface area contributed by atoms with Crippen LogP contribution in [0.4, 0.5) is 5.13 Å². The number of amides is 1. The van der Waals surface area contributed by atoms with Crippen LogP contribution in [0, 0.1) is 6.92 Å². The molecule has 3 heterocycles. The highest BCUT2D eigenvalue weighted by Crippen LogP contribution is 2.34. The number of carbonyl (C=O) groups is 1. The minimum Gasteiger partial charge on any atom is -0.376 e. The molecule has 11 heteroatoms. The van der Waals surface area contributed by atoms with Crippen LogP contribution in [0.2, 0.25) is 5.02 Å². The van der Waals surface area contributed by atoms with Gasteiger partial charge in [0, 0.05) is 30.3 Å². The van der Waals surface area contributed by atoms with Crippen LogP contribution in [0.25, 0.3) is 10.2 Å². The Morgan fingerprint density at radius 3 is 2.54 bits per heavy atom. The smallest absolute Gasteiger partial charge is 0.260 e. The zero-order valence-corrected chi connectivity index (χ0v) is 23.4. The Kier molecular flexibility index (Phi) is 7.59. The normalized spacial score (nSPS) is 23.0. The number of fused-ring (bicyclic) bond motifs is 1. The van der Waals surface area contributed by atoms with E-state index < -0.39 is 10.0 Å². The summed E-state index contributed by atoms with van der Waals surface area (Å²) in [4.78, 5) is 20.3. The van der Waals surface area contributed by atoms with E-state index in [4.69, 9.17) is 26.1 Å². The van der Waals surface area contributed by atoms with E-state index in [0.717, 1.165) is 28.6 Å². The van der Waals surface area contributed by atoms with Gasteiger partial charge in [0.05, 0.1) is 40.0 Å². The number of aryl methyl sites for hydroxylation is 1. The number of sulfonamides is 1. The lowest BCUT2D eigenvalue weighted by molar-refractivity contribution is -0.0440. The lowest BCUT2D eigenvalue weighted by Gasteiger charge is -2.34. The summed E-state index contributed by atoms with van der Waals surface area (Å²) in [5.74, 6) is -0.254. The number of nitrogens with zero attached hydrogens (tertiary/aromatic N) is 3. The maximum atomic E-state index is 13.7. The van der Waals surface area contributed by atoms with Gasteiger partial charge in [0.25, 0.3) is 5.91 Å². The molecule has 0 aliphatic carbocycles. The molecule has 0 bridgehead atoms. The van der Waals surface area contributed by atoms with Crippen molar-refractivity contribution in [1.29, 1.82) is 0 Å². The molecule has 5 rings (SSSR count). The zero-order valence-electron chi connectivity index (χ0n) is 21.0. The molecule has 2 saturated heterocycles. The molecule has 2 fully saturated rings. The van der Waals surface area contributed by atoms with Crippen LogP contribution >= 0.6 is 22.9 Å². The van der Waals surface area contributed by atoms with Gasteiger partial charge in [0.1, 0.15) is 0 Å². The van der Waals surface area contributed by atoms with Crippen molar-refractivity contribution in [1.82, 2.24) is 9.29 Å². The number of thiazole rings is 1. The quantitative estimate of drug-likeness (QED) is 0.424. The number of anilines is 1. The Bertz CT molecular complexity index is 1390. The van der Waals surface area contributed by atoms with Gasteiger partial charge in [-0.25, -0.2) is 13.4 Å². The van der Waals surface area contributed by atoms with Crippen molar-refractivity contribution in [2.45, 2.75) is 56.8 Å². The number of ether oxygens (including phenoxy) is 2. The Balaban J connectivity index is 1.44. The fourth-order valence-corrected chi connectivity index (χ4v) is 7.92. The summed E-state index contributed by atoms with van der Waals surface area (Å²) in [7, 11) is -3.70. The second-order valence-electron chi connectivity index (χ2n) is 9.72. The number of morpholine rings is 1. The molecular formula is C26H30ClN3O5S2. The van der Waals surface area contributed by atoms with Crippen LogP contribution < -0.4 is 4.90 Å². The predicted octanol–water partition coefficient (Wildman–Crippen LogP) is 4.88. The van der Waals surface area contributed by atoms with Gasteiger partial charge in [-0.1, -0.05) is 22.9 Å². The van der Waals surface area contributed by atoms with Gasteiger partial charge in [0.2, 0.25) is 10.0 Å². The number of aromatic nitrogens is 1. The summed E-state index contributed by atoms with van der Waals surface area (Å²) >= 11 is 7.66. The van der Waals surface area contributed by atoms with E-state index in [1.807, 2.05) is 32.9 Å². The van der Waals surface area contributed by atoms with Crippen molar-refractivity contribution in [2.24, 2.45) is 0 Å². The van der Waals surface area contributed by atoms with Crippen molar-refractivity contribution in [3.05, 3.63) is 52.5 Å². The minimum absolute atomic E-state index is 0.0782. The topological polar surface area (TPSA) is 89.0 Å². The highest BCUT2D eigenvalue weighted by Gasteiger charge is 2.33. The summed E-state index contributed by atoms with van der Waals surface area (Å²) < 4.78 is 40.3. The molecule has 3 atom stereocenters. The third-order valence-electron chi connectivity index (χ3n) is 6.65. The molecule has 3 aromatic rings. The average Bonchev–Trinajstić information content (AvgIpc) is 3.51. The molecular weight excluding hydrogens is 534 g/mol. The Morgan fingerprint density at radius 1 is 1.19 bits per heavy atom. The number of rotatable bonds is 6. The van der Waals surface area contributed by atoms with E-state index in [9.17, 15) is 13.2 Å². The molecule has 3 unspecified atom stereocenters. The Labute approximate surface area is 226 Å². The monoisotopic (exact) mass is 563 g/mol. The lowest BCUT2D eigenvalue weighted by Crippen LogP contribution is -2.48. The fraction of sp³-hybridized carbons (Fsp3) is 0.462. The van der Waals surface area contributed by atoms with Gasteiger partial charge in [0.15, 0.2) is 5.13 Å². The van der Waals surface area contributed by atoms with Gasteiger partial charge in [-0.05, 0) is 75.6 Å². The largest absolute Gasteiger partial charge is 0.376 e. The van der Waals surface area contributed by atoms with Crippen molar-refractivity contribution in [2.75, 3.05) is 31.1 Å². The average molecular weight is 564 g/mol. The van der Waals surface area contributed by atoms with E-state index >= 15 is 0 Å². The molecule has 198 valence electrons. The van der Waals surface area contributed by atoms with E-state index in [0.29, 0.717) is 42.0 Å². The minimum atomic E-state index is -3.70. The van der Waals surface area contributed by atoms with Crippen molar-refractivity contribution in [3.8, 4) is 0 Å². The first-order valence-corrected chi connectivity index (χ1v) is 15.0. The van der Waals surface area contributed by atoms with Crippen LogP contribution in [0.15, 0.2) is 41.3 Å². The molecule has 0 spiro atoms. The third kappa shape index (κ3) is 5.55. The van der Waals surface area contributed by atoms with Crippen molar-refractivity contribution >= 4 is 54.2 Å². The van der Waals surface area contributed by atoms with Crippen LogP contribution in [0.3, 0.4) is 0 Å². The second kappa shape index (κ2) is 10.6. The number of halogens is 1. The molecule has 1 aromatic heterocycles. The van der Waals surface area contributed by atoms with Gasteiger partial charge < -0.3 is 9.47 Å². The summed E-state index contributed by atoms with van der Waals surface area (Å²) in [5, 5.41) is 1.19. The summed E-state index contributed by atoms with van der Waals surface area (Å²) in [6.07, 6.45) is 1.38. The van der Waals surface area contributed by atoms with E-state index in [1.54, 1.807) is 17.0 Å².